The molecule has 2 rings (SSSR count). The smallest absolute Gasteiger partial charge is 0.248 e. The Morgan fingerprint density at radius 2 is 2.06 bits per heavy atom. The maximum atomic E-state index is 13.0. The molecule has 0 bridgehead atoms. The van der Waals surface area contributed by atoms with E-state index in [4.69, 9.17) is 0 Å². The summed E-state index contributed by atoms with van der Waals surface area (Å²) in [6.45, 7) is 1.60. The van der Waals surface area contributed by atoms with Crippen molar-refractivity contribution in [1.82, 2.24) is 5.32 Å². The topological polar surface area (TPSA) is 12.0 Å². The second-order valence-electron chi connectivity index (χ2n) is 4.83. The Labute approximate surface area is 111 Å². The van der Waals surface area contributed by atoms with Gasteiger partial charge in [-0.3, -0.25) is 0 Å². The van der Waals surface area contributed by atoms with Gasteiger partial charge in [-0.1, -0.05) is 18.2 Å². The van der Waals surface area contributed by atoms with Gasteiger partial charge in [-0.2, -0.15) is 0 Å². The van der Waals surface area contributed by atoms with Crippen molar-refractivity contribution in [2.75, 3.05) is 18.8 Å². The van der Waals surface area contributed by atoms with Gasteiger partial charge in [-0.05, 0) is 31.0 Å². The molecule has 1 unspecified atom stereocenters. The van der Waals surface area contributed by atoms with Crippen LogP contribution in [0.5, 0.6) is 0 Å². The molecule has 1 saturated carbocycles. The van der Waals surface area contributed by atoms with E-state index in [9.17, 15) is 8.78 Å². The monoisotopic (exact) mass is 271 g/mol. The molecule has 0 spiro atoms. The molecule has 1 aromatic carbocycles. The van der Waals surface area contributed by atoms with Crippen molar-refractivity contribution < 1.29 is 8.78 Å². The maximum Gasteiger partial charge on any atom is 0.248 e. The summed E-state index contributed by atoms with van der Waals surface area (Å²) in [5, 5.41) is 3.28. The Bertz CT molecular complexity index is 356. The zero-order valence-electron chi connectivity index (χ0n) is 10.4. The van der Waals surface area contributed by atoms with E-state index in [1.165, 1.54) is 4.90 Å². The molecule has 0 amide bonds. The Morgan fingerprint density at radius 3 is 2.72 bits per heavy atom. The highest BCUT2D eigenvalue weighted by Crippen LogP contribution is 2.38. The SMILES string of the molecule is FC1(F)CCC(CNCCSc2ccccc2)C1. The van der Waals surface area contributed by atoms with Gasteiger partial charge in [-0.25, -0.2) is 8.78 Å². The van der Waals surface area contributed by atoms with E-state index in [1.807, 2.05) is 18.2 Å². The van der Waals surface area contributed by atoms with E-state index in [2.05, 4.69) is 17.4 Å². The van der Waals surface area contributed by atoms with Crippen LogP contribution < -0.4 is 5.32 Å². The lowest BCUT2D eigenvalue weighted by molar-refractivity contribution is 0.00511. The third-order valence-corrected chi connectivity index (χ3v) is 4.24. The minimum Gasteiger partial charge on any atom is -0.316 e. The van der Waals surface area contributed by atoms with Crippen LogP contribution in [0.1, 0.15) is 19.3 Å². The molecular formula is C14H19F2NS. The van der Waals surface area contributed by atoms with Crippen LogP contribution in [0.4, 0.5) is 8.78 Å². The number of rotatable bonds is 6. The summed E-state index contributed by atoms with van der Waals surface area (Å²) in [5.41, 5.74) is 0. The molecule has 0 aromatic heterocycles. The van der Waals surface area contributed by atoms with E-state index in [1.54, 1.807) is 11.8 Å². The minimum atomic E-state index is -2.41. The fourth-order valence-corrected chi connectivity index (χ4v) is 3.11. The van der Waals surface area contributed by atoms with Gasteiger partial charge < -0.3 is 5.32 Å². The quantitative estimate of drug-likeness (QED) is 0.624. The van der Waals surface area contributed by atoms with Gasteiger partial charge in [-0.15, -0.1) is 11.8 Å². The summed E-state index contributed by atoms with van der Waals surface area (Å²) < 4.78 is 25.9. The fourth-order valence-electron chi connectivity index (χ4n) is 2.28. The van der Waals surface area contributed by atoms with Crippen LogP contribution in [0.3, 0.4) is 0 Å². The van der Waals surface area contributed by atoms with E-state index in [0.29, 0.717) is 6.42 Å². The van der Waals surface area contributed by atoms with Crippen LogP contribution in [0.25, 0.3) is 0 Å². The zero-order chi connectivity index (χ0) is 12.8. The number of alkyl halides is 2. The first-order chi connectivity index (χ1) is 8.66. The van der Waals surface area contributed by atoms with Crippen LogP contribution in [0.15, 0.2) is 35.2 Å². The third kappa shape index (κ3) is 4.58. The van der Waals surface area contributed by atoms with Gasteiger partial charge in [0.25, 0.3) is 0 Å². The van der Waals surface area contributed by atoms with E-state index >= 15 is 0 Å². The summed E-state index contributed by atoms with van der Waals surface area (Å²) in [6, 6.07) is 10.2. The summed E-state index contributed by atoms with van der Waals surface area (Å²) >= 11 is 1.79. The number of halogens is 2. The second kappa shape index (κ2) is 6.53. The normalized spacial score (nSPS) is 22.2. The van der Waals surface area contributed by atoms with Crippen molar-refractivity contribution in [2.45, 2.75) is 30.1 Å². The predicted molar refractivity (Wildman–Crippen MR) is 72.3 cm³/mol. The largest absolute Gasteiger partial charge is 0.316 e. The van der Waals surface area contributed by atoms with Gasteiger partial charge >= 0.3 is 0 Å². The summed E-state index contributed by atoms with van der Waals surface area (Å²) in [6.07, 6.45) is 0.787. The van der Waals surface area contributed by atoms with Crippen LogP contribution in [-0.2, 0) is 0 Å². The zero-order valence-corrected chi connectivity index (χ0v) is 11.2. The highest BCUT2D eigenvalue weighted by Gasteiger charge is 2.38. The van der Waals surface area contributed by atoms with Crippen LogP contribution in [0.2, 0.25) is 0 Å². The summed E-state index contributed by atoms with van der Waals surface area (Å²) in [5.74, 6) is -1.28. The minimum absolute atomic E-state index is 0.0613. The fraction of sp³-hybridized carbons (Fsp3) is 0.571. The first-order valence-corrected chi connectivity index (χ1v) is 7.41. The number of nitrogens with one attached hydrogen (secondary N) is 1. The Balaban J connectivity index is 1.54. The van der Waals surface area contributed by atoms with Crippen LogP contribution in [0, 0.1) is 5.92 Å². The van der Waals surface area contributed by atoms with E-state index < -0.39 is 5.92 Å². The first kappa shape index (κ1) is 13.8. The number of benzene rings is 1. The molecule has 18 heavy (non-hydrogen) atoms. The molecule has 1 N–H and O–H groups in total. The van der Waals surface area contributed by atoms with Gasteiger partial charge in [0.1, 0.15) is 0 Å². The van der Waals surface area contributed by atoms with Crippen molar-refractivity contribution in [3.63, 3.8) is 0 Å². The predicted octanol–water partition coefficient (Wildman–Crippen LogP) is 3.80. The maximum absolute atomic E-state index is 13.0. The molecule has 1 aliphatic rings. The van der Waals surface area contributed by atoms with E-state index in [-0.39, 0.29) is 18.8 Å². The molecule has 4 heteroatoms. The third-order valence-electron chi connectivity index (χ3n) is 3.23. The van der Waals surface area contributed by atoms with Gasteiger partial charge in [0, 0.05) is 30.0 Å². The van der Waals surface area contributed by atoms with Crippen molar-refractivity contribution in [3.8, 4) is 0 Å². The molecule has 1 fully saturated rings. The number of hydrogen-bond acceptors (Lipinski definition) is 2. The standard InChI is InChI=1S/C14H19F2NS/c15-14(16)7-6-12(10-14)11-17-8-9-18-13-4-2-1-3-5-13/h1-5,12,17H,6-11H2. The summed E-state index contributed by atoms with van der Waals surface area (Å²) in [7, 11) is 0. The van der Waals surface area contributed by atoms with E-state index in [0.717, 1.165) is 18.8 Å². The molecule has 0 saturated heterocycles. The van der Waals surface area contributed by atoms with Gasteiger partial charge in [0.2, 0.25) is 5.92 Å². The lowest BCUT2D eigenvalue weighted by Crippen LogP contribution is -2.24. The molecule has 0 aliphatic heterocycles. The lowest BCUT2D eigenvalue weighted by Gasteiger charge is -2.11. The molecule has 1 aromatic rings. The molecule has 1 nitrogen and oxygen atoms in total. The van der Waals surface area contributed by atoms with Gasteiger partial charge in [0.15, 0.2) is 0 Å². The number of hydrogen-bond donors (Lipinski definition) is 1. The average Bonchev–Trinajstić information content (AvgIpc) is 2.70. The Kier molecular flexibility index (Phi) is 5.01. The average molecular weight is 271 g/mol. The number of thioether (sulfide) groups is 1. The molecule has 0 radical (unpaired) electrons. The first-order valence-electron chi connectivity index (χ1n) is 6.42. The van der Waals surface area contributed by atoms with Crippen molar-refractivity contribution in [2.24, 2.45) is 5.92 Å². The molecule has 1 atom stereocenters. The lowest BCUT2D eigenvalue weighted by atomic mass is 10.1. The van der Waals surface area contributed by atoms with Crippen molar-refractivity contribution in [1.29, 1.82) is 0 Å². The highest BCUT2D eigenvalue weighted by atomic mass is 32.2. The van der Waals surface area contributed by atoms with Crippen LogP contribution in [-0.4, -0.2) is 24.8 Å². The van der Waals surface area contributed by atoms with Crippen molar-refractivity contribution in [3.05, 3.63) is 30.3 Å². The van der Waals surface area contributed by atoms with Crippen LogP contribution >= 0.6 is 11.8 Å². The summed E-state index contributed by atoms with van der Waals surface area (Å²) in [4.78, 5) is 1.26. The second-order valence-corrected chi connectivity index (χ2v) is 6.00. The Hall–Kier alpha value is -0.610. The molecule has 0 heterocycles. The molecule has 1 aliphatic carbocycles. The van der Waals surface area contributed by atoms with Crippen molar-refractivity contribution >= 4 is 11.8 Å². The Morgan fingerprint density at radius 1 is 1.28 bits per heavy atom. The van der Waals surface area contributed by atoms with Gasteiger partial charge in [0.05, 0.1) is 0 Å². The molecular weight excluding hydrogens is 252 g/mol. The molecule has 100 valence electrons. The highest BCUT2D eigenvalue weighted by molar-refractivity contribution is 7.99.